The Hall–Kier alpha value is -5.38. The van der Waals surface area contributed by atoms with Crippen molar-refractivity contribution in [2.75, 3.05) is 34.7 Å². The predicted octanol–water partition coefficient (Wildman–Crippen LogP) is 4.27. The summed E-state index contributed by atoms with van der Waals surface area (Å²) in [6.07, 6.45) is -3.16. The number of rotatable bonds is 9. The van der Waals surface area contributed by atoms with E-state index < -0.39 is 24.4 Å². The quantitative estimate of drug-likeness (QED) is 0.226. The molecule has 266 valence electrons. The van der Waals surface area contributed by atoms with Gasteiger partial charge in [0.05, 0.1) is 5.54 Å². The second-order valence-corrected chi connectivity index (χ2v) is 14.1. The SMILES string of the molecule is CN(C)C(=O)Oc1cc(OC(=O)N(C)C)cc(C(O)C[NH2+]C(C)(C)C)c1.c1ccc([B-](c2ccccc2)(c2ccccc2)c2ccccc2)cc1. The lowest BCUT2D eigenvalue weighted by molar-refractivity contribution is -0.722. The number of ether oxygens (including phenoxy) is 2. The third kappa shape index (κ3) is 10.3. The molecule has 1 atom stereocenters. The Morgan fingerprint density at radius 1 is 0.608 bits per heavy atom. The van der Waals surface area contributed by atoms with Gasteiger partial charge in [0, 0.05) is 34.3 Å². The Morgan fingerprint density at radius 3 is 1.20 bits per heavy atom. The van der Waals surface area contributed by atoms with E-state index in [1.54, 1.807) is 40.3 Å². The molecule has 5 rings (SSSR count). The molecule has 51 heavy (non-hydrogen) atoms. The Bertz CT molecular complexity index is 1630. The molecule has 0 saturated heterocycles. The molecule has 5 aromatic rings. The zero-order chi connectivity index (χ0) is 37.0. The molecule has 0 heterocycles. The highest BCUT2D eigenvalue weighted by molar-refractivity contribution is 7.19. The van der Waals surface area contributed by atoms with Crippen LogP contribution in [0.3, 0.4) is 0 Å². The largest absolute Gasteiger partial charge is 0.414 e. The number of benzene rings is 5. The maximum absolute atomic E-state index is 11.8. The fourth-order valence-corrected chi connectivity index (χ4v) is 6.01. The molecule has 0 spiro atoms. The minimum absolute atomic E-state index is 0.0454. The summed E-state index contributed by atoms with van der Waals surface area (Å²) in [7, 11) is 6.25. The lowest BCUT2D eigenvalue weighted by Gasteiger charge is -2.44. The lowest BCUT2D eigenvalue weighted by Crippen LogP contribution is -2.95. The number of carbonyl (C=O) groups is 2. The van der Waals surface area contributed by atoms with E-state index in [9.17, 15) is 14.7 Å². The van der Waals surface area contributed by atoms with Gasteiger partial charge in [-0.15, -0.1) is 0 Å². The maximum atomic E-state index is 11.8. The smallest absolute Gasteiger partial charge is 0.410 e. The van der Waals surface area contributed by atoms with Gasteiger partial charge >= 0.3 is 12.2 Å². The third-order valence-corrected chi connectivity index (χ3v) is 8.58. The van der Waals surface area contributed by atoms with Crippen molar-refractivity contribution in [1.82, 2.24) is 9.80 Å². The summed E-state index contributed by atoms with van der Waals surface area (Å²) in [5.41, 5.74) is 5.81. The van der Waals surface area contributed by atoms with E-state index in [1.807, 2.05) is 26.1 Å². The number of hydrogen-bond donors (Lipinski definition) is 2. The van der Waals surface area contributed by atoms with Crippen LogP contribution >= 0.6 is 0 Å². The van der Waals surface area contributed by atoms with Crippen LogP contribution in [0.1, 0.15) is 32.4 Å². The van der Waals surface area contributed by atoms with Crippen molar-refractivity contribution in [1.29, 1.82) is 0 Å². The van der Waals surface area contributed by atoms with E-state index in [-0.39, 0.29) is 17.0 Å². The van der Waals surface area contributed by atoms with Gasteiger partial charge in [-0.1, -0.05) is 121 Å². The molecule has 0 saturated carbocycles. The molecule has 0 radical (unpaired) electrons. The van der Waals surface area contributed by atoms with E-state index >= 15 is 0 Å². The van der Waals surface area contributed by atoms with Gasteiger partial charge in [-0.25, -0.2) is 9.59 Å². The third-order valence-electron chi connectivity index (χ3n) is 8.58. The van der Waals surface area contributed by atoms with Crippen LogP contribution in [0, 0.1) is 0 Å². The minimum atomic E-state index is -1.22. The van der Waals surface area contributed by atoms with Crippen molar-refractivity contribution in [2.45, 2.75) is 32.4 Å². The van der Waals surface area contributed by atoms with Crippen LogP contribution in [0.5, 0.6) is 11.5 Å². The Kier molecular flexibility index (Phi) is 13.2. The van der Waals surface area contributed by atoms with Crippen LogP contribution < -0.4 is 36.6 Å². The monoisotopic (exact) mass is 687 g/mol. The van der Waals surface area contributed by atoms with Gasteiger partial charge < -0.3 is 29.7 Å². The van der Waals surface area contributed by atoms with Gasteiger partial charge in [0.2, 0.25) is 0 Å². The molecule has 5 aromatic carbocycles. The summed E-state index contributed by atoms with van der Waals surface area (Å²) in [4.78, 5) is 26.2. The van der Waals surface area contributed by atoms with E-state index in [0.717, 1.165) is 0 Å². The van der Waals surface area contributed by atoms with Crippen LogP contribution in [-0.2, 0) is 0 Å². The highest BCUT2D eigenvalue weighted by Gasteiger charge is 2.31. The first-order valence-corrected chi connectivity index (χ1v) is 17.1. The fraction of sp³-hybridized carbons (Fsp3) is 0.238. The van der Waals surface area contributed by atoms with Crippen LogP contribution in [0.2, 0.25) is 0 Å². The van der Waals surface area contributed by atoms with Gasteiger partial charge in [-0.3, -0.25) is 0 Å². The molecule has 0 aliphatic rings. The van der Waals surface area contributed by atoms with Crippen molar-refractivity contribution in [2.24, 2.45) is 0 Å². The first-order valence-electron chi connectivity index (χ1n) is 17.1. The van der Waals surface area contributed by atoms with Gasteiger partial charge in [-0.05, 0) is 38.5 Å². The van der Waals surface area contributed by atoms with Crippen molar-refractivity contribution in [3.05, 3.63) is 145 Å². The van der Waals surface area contributed by atoms with E-state index in [2.05, 4.69) is 121 Å². The first kappa shape index (κ1) is 38.4. The van der Waals surface area contributed by atoms with E-state index in [1.165, 1.54) is 37.7 Å². The van der Waals surface area contributed by atoms with Gasteiger partial charge in [0.15, 0.2) is 0 Å². The second kappa shape index (κ2) is 17.5. The normalized spacial score (nSPS) is 11.8. The molecule has 0 aliphatic carbocycles. The minimum Gasteiger partial charge on any atom is -0.410 e. The number of hydrogen-bond acceptors (Lipinski definition) is 5. The fourth-order valence-electron chi connectivity index (χ4n) is 6.01. The highest BCUT2D eigenvalue weighted by atomic mass is 16.6. The van der Waals surface area contributed by atoms with Crippen molar-refractivity contribution >= 4 is 40.2 Å². The van der Waals surface area contributed by atoms with Crippen molar-refractivity contribution in [3.63, 3.8) is 0 Å². The van der Waals surface area contributed by atoms with E-state index in [4.69, 9.17) is 9.47 Å². The molecule has 0 aliphatic heterocycles. The number of nitrogens with zero attached hydrogens (tertiary/aromatic N) is 2. The summed E-state index contributed by atoms with van der Waals surface area (Å²) in [5, 5.41) is 12.5. The molecular formula is C42H50BN3O5. The number of carbonyl (C=O) groups excluding carboxylic acids is 2. The van der Waals surface area contributed by atoms with Crippen LogP contribution in [0.4, 0.5) is 9.59 Å². The standard InChI is InChI=1S/C24H20B.C18H29N3O5/c1-5-13-21(14-6-1)25(22-15-7-2-8-16-22,23-17-9-3-10-18-23)24-19-11-4-12-20-24;1-18(2,3)19-11-15(22)12-8-13(25-16(23)20(4)5)10-14(9-12)26-17(24)21(6)7/h1-20H;8-10,15,19,22H,11H2,1-7H3/q-1;/p+1. The van der Waals surface area contributed by atoms with Crippen molar-refractivity contribution in [3.8, 4) is 11.5 Å². The molecule has 0 aromatic heterocycles. The molecule has 8 nitrogen and oxygen atoms in total. The summed E-state index contributed by atoms with van der Waals surface area (Å²) in [5.74, 6) is 0.384. The number of aliphatic hydroxyl groups excluding tert-OH is 1. The van der Waals surface area contributed by atoms with E-state index in [0.29, 0.717) is 12.1 Å². The molecule has 3 N–H and O–H groups in total. The van der Waals surface area contributed by atoms with Gasteiger partial charge in [-0.2, -0.15) is 21.9 Å². The second-order valence-electron chi connectivity index (χ2n) is 14.1. The van der Waals surface area contributed by atoms with Crippen LogP contribution in [-0.4, -0.2) is 73.5 Å². The molecule has 2 amide bonds. The van der Waals surface area contributed by atoms with Gasteiger partial charge in [0.1, 0.15) is 30.3 Å². The van der Waals surface area contributed by atoms with Crippen molar-refractivity contribution < 1.29 is 29.5 Å². The summed E-state index contributed by atoms with van der Waals surface area (Å²) >= 11 is 0. The summed E-state index contributed by atoms with van der Waals surface area (Å²) in [6, 6.07) is 48.1. The summed E-state index contributed by atoms with van der Waals surface area (Å²) < 4.78 is 10.5. The number of quaternary nitrogens is 1. The summed E-state index contributed by atoms with van der Waals surface area (Å²) in [6.45, 7) is 6.54. The molecule has 9 heteroatoms. The lowest BCUT2D eigenvalue weighted by atomic mass is 9.13. The first-order chi connectivity index (χ1) is 24.3. The molecule has 1 unspecified atom stereocenters. The molecular weight excluding hydrogens is 637 g/mol. The topological polar surface area (TPSA) is 95.9 Å². The molecule has 0 bridgehead atoms. The zero-order valence-electron chi connectivity index (χ0n) is 30.7. The molecule has 0 fully saturated rings. The maximum Gasteiger partial charge on any atom is 0.414 e. The number of nitrogens with two attached hydrogens (primary N) is 1. The Morgan fingerprint density at radius 2 is 0.922 bits per heavy atom. The van der Waals surface area contributed by atoms with Gasteiger partial charge in [0.25, 0.3) is 0 Å². The Balaban J connectivity index is 0.000000229. The number of amides is 2. The zero-order valence-corrected chi connectivity index (χ0v) is 30.7. The average Bonchev–Trinajstić information content (AvgIpc) is 3.12. The average molecular weight is 688 g/mol. The number of aliphatic hydroxyl groups is 1. The highest BCUT2D eigenvalue weighted by Crippen LogP contribution is 2.27. The Labute approximate surface area is 302 Å². The predicted molar refractivity (Wildman–Crippen MR) is 207 cm³/mol. The van der Waals surface area contributed by atoms with Crippen LogP contribution in [0.15, 0.2) is 140 Å². The van der Waals surface area contributed by atoms with Crippen LogP contribution in [0.25, 0.3) is 0 Å².